The molecule has 5 nitrogen and oxygen atoms in total. The number of thiazole rings is 1. The van der Waals surface area contributed by atoms with Gasteiger partial charge in [-0.15, -0.1) is 11.3 Å². The van der Waals surface area contributed by atoms with Crippen molar-refractivity contribution in [1.82, 2.24) is 15.2 Å². The predicted octanol–water partition coefficient (Wildman–Crippen LogP) is 3.55. The lowest BCUT2D eigenvalue weighted by Gasteiger charge is -2.27. The number of hydrogen-bond donors (Lipinski definition) is 2. The molecule has 2 unspecified atom stereocenters. The molecule has 3 heterocycles. The first-order chi connectivity index (χ1) is 11.3. The van der Waals surface area contributed by atoms with Gasteiger partial charge in [0.15, 0.2) is 5.13 Å². The van der Waals surface area contributed by atoms with Crippen molar-refractivity contribution in [2.75, 3.05) is 18.4 Å². The number of rotatable bonds is 2. The summed E-state index contributed by atoms with van der Waals surface area (Å²) in [6.07, 6.45) is 9.81. The van der Waals surface area contributed by atoms with Crippen molar-refractivity contribution < 1.29 is 4.79 Å². The van der Waals surface area contributed by atoms with Crippen LogP contribution in [0, 0.1) is 0 Å². The molecule has 1 aromatic rings. The van der Waals surface area contributed by atoms with Crippen LogP contribution >= 0.6 is 11.3 Å². The van der Waals surface area contributed by atoms with Crippen LogP contribution in [-0.2, 0) is 0 Å². The van der Waals surface area contributed by atoms with Crippen LogP contribution in [-0.4, -0.2) is 41.1 Å². The number of amides is 2. The summed E-state index contributed by atoms with van der Waals surface area (Å²) < 4.78 is 0. The van der Waals surface area contributed by atoms with E-state index in [9.17, 15) is 4.79 Å². The summed E-state index contributed by atoms with van der Waals surface area (Å²) in [6.45, 7) is 1.95. The molecular weight excluding hydrogens is 308 g/mol. The van der Waals surface area contributed by atoms with Crippen molar-refractivity contribution in [2.24, 2.45) is 0 Å². The molecule has 2 aliphatic heterocycles. The highest BCUT2D eigenvalue weighted by Gasteiger charge is 2.38. The van der Waals surface area contributed by atoms with Crippen LogP contribution < -0.4 is 10.6 Å². The van der Waals surface area contributed by atoms with Gasteiger partial charge in [-0.25, -0.2) is 9.78 Å². The average molecular weight is 334 g/mol. The molecule has 2 saturated heterocycles. The highest BCUT2D eigenvalue weighted by Crippen LogP contribution is 2.34. The number of nitrogens with one attached hydrogen (secondary N) is 2. The fourth-order valence-corrected chi connectivity index (χ4v) is 5.18. The molecule has 0 aromatic carbocycles. The monoisotopic (exact) mass is 334 g/mol. The Morgan fingerprint density at radius 2 is 2.00 bits per heavy atom. The maximum Gasteiger partial charge on any atom is 0.324 e. The van der Waals surface area contributed by atoms with E-state index < -0.39 is 0 Å². The van der Waals surface area contributed by atoms with Gasteiger partial charge in [-0.3, -0.25) is 5.32 Å². The lowest BCUT2D eigenvalue weighted by Crippen LogP contribution is -2.44. The number of fused-ring (bicyclic) bond motifs is 2. The number of hydrogen-bond acceptors (Lipinski definition) is 4. The minimum Gasteiger partial charge on any atom is -0.317 e. The van der Waals surface area contributed by atoms with Crippen molar-refractivity contribution in [1.29, 1.82) is 0 Å². The van der Waals surface area contributed by atoms with E-state index in [1.807, 2.05) is 0 Å². The van der Waals surface area contributed by atoms with Crippen molar-refractivity contribution >= 4 is 22.5 Å². The number of carbonyl (C=O) groups excluding carboxylic acids is 1. The molecule has 3 fully saturated rings. The average Bonchev–Trinajstić information content (AvgIpc) is 3.11. The maximum absolute atomic E-state index is 12.7. The molecule has 2 atom stereocenters. The molecule has 1 aliphatic carbocycles. The largest absolute Gasteiger partial charge is 0.324 e. The van der Waals surface area contributed by atoms with E-state index in [-0.39, 0.29) is 6.03 Å². The Labute approximate surface area is 141 Å². The van der Waals surface area contributed by atoms with E-state index in [1.165, 1.54) is 37.8 Å². The van der Waals surface area contributed by atoms with Crippen molar-refractivity contribution in [3.8, 4) is 0 Å². The minimum atomic E-state index is 0.0470. The van der Waals surface area contributed by atoms with E-state index >= 15 is 0 Å². The van der Waals surface area contributed by atoms with Crippen LogP contribution in [0.4, 0.5) is 9.93 Å². The molecule has 0 radical (unpaired) electrons. The summed E-state index contributed by atoms with van der Waals surface area (Å²) in [5, 5.41) is 9.42. The Kier molecular flexibility index (Phi) is 4.53. The van der Waals surface area contributed by atoms with Crippen LogP contribution in [0.5, 0.6) is 0 Å². The molecule has 2 amide bonds. The standard InChI is InChI=1S/C17H26N4OS/c22-17(21-13-6-7-14(21)10-18-9-8-13)20-16-19-15(11-23-16)12-4-2-1-3-5-12/h11-14,18H,1-10H2,(H,19,20,22). The highest BCUT2D eigenvalue weighted by atomic mass is 32.1. The zero-order valence-electron chi connectivity index (χ0n) is 13.6. The second-order valence-electron chi connectivity index (χ2n) is 7.13. The van der Waals surface area contributed by atoms with Gasteiger partial charge in [-0.1, -0.05) is 19.3 Å². The second-order valence-corrected chi connectivity index (χ2v) is 7.99. The normalized spacial score (nSPS) is 28.6. The fraction of sp³-hybridized carbons (Fsp3) is 0.765. The molecule has 1 saturated carbocycles. The third kappa shape index (κ3) is 3.24. The number of carbonyl (C=O) groups is 1. The fourth-order valence-electron chi connectivity index (χ4n) is 4.40. The van der Waals surface area contributed by atoms with E-state index in [0.717, 1.165) is 37.5 Å². The van der Waals surface area contributed by atoms with E-state index in [0.29, 0.717) is 18.0 Å². The van der Waals surface area contributed by atoms with Gasteiger partial charge in [-0.05, 0) is 38.6 Å². The number of aromatic nitrogens is 1. The minimum absolute atomic E-state index is 0.0470. The molecule has 1 aromatic heterocycles. The van der Waals surface area contributed by atoms with Crippen molar-refractivity contribution in [3.05, 3.63) is 11.1 Å². The van der Waals surface area contributed by atoms with Crippen LogP contribution in [0.25, 0.3) is 0 Å². The second kappa shape index (κ2) is 6.77. The molecule has 4 rings (SSSR count). The lowest BCUT2D eigenvalue weighted by atomic mass is 9.87. The number of anilines is 1. The lowest BCUT2D eigenvalue weighted by molar-refractivity contribution is 0.190. The topological polar surface area (TPSA) is 57.3 Å². The van der Waals surface area contributed by atoms with E-state index in [2.05, 4.69) is 20.9 Å². The zero-order valence-corrected chi connectivity index (χ0v) is 14.4. The van der Waals surface area contributed by atoms with E-state index in [4.69, 9.17) is 4.98 Å². The number of nitrogens with zero attached hydrogens (tertiary/aromatic N) is 2. The maximum atomic E-state index is 12.7. The summed E-state index contributed by atoms with van der Waals surface area (Å²) in [6, 6.07) is 0.791. The van der Waals surface area contributed by atoms with Gasteiger partial charge in [0.05, 0.1) is 5.69 Å². The van der Waals surface area contributed by atoms with Gasteiger partial charge in [0, 0.05) is 29.9 Å². The number of urea groups is 1. The predicted molar refractivity (Wildman–Crippen MR) is 93.1 cm³/mol. The third-order valence-corrected chi connectivity index (χ3v) is 6.42. The third-order valence-electron chi connectivity index (χ3n) is 5.65. The van der Waals surface area contributed by atoms with Gasteiger partial charge < -0.3 is 10.2 Å². The molecule has 126 valence electrons. The Morgan fingerprint density at radius 1 is 1.17 bits per heavy atom. The summed E-state index contributed by atoms with van der Waals surface area (Å²) >= 11 is 1.58. The Balaban J connectivity index is 1.41. The van der Waals surface area contributed by atoms with Crippen molar-refractivity contribution in [2.45, 2.75) is 69.4 Å². The first-order valence-corrected chi connectivity index (χ1v) is 9.94. The van der Waals surface area contributed by atoms with Gasteiger partial charge in [0.2, 0.25) is 0 Å². The highest BCUT2D eigenvalue weighted by molar-refractivity contribution is 7.13. The molecule has 2 N–H and O–H groups in total. The summed E-state index contributed by atoms with van der Waals surface area (Å²) in [4.78, 5) is 19.5. The van der Waals surface area contributed by atoms with Gasteiger partial charge in [0.25, 0.3) is 0 Å². The SMILES string of the molecule is O=C(Nc1nc(C2CCCCC2)cs1)N1C2CCNCC1CC2. The summed E-state index contributed by atoms with van der Waals surface area (Å²) in [5.41, 5.74) is 1.19. The molecule has 23 heavy (non-hydrogen) atoms. The quantitative estimate of drug-likeness (QED) is 0.869. The summed E-state index contributed by atoms with van der Waals surface area (Å²) in [7, 11) is 0. The van der Waals surface area contributed by atoms with Crippen LogP contribution in [0.1, 0.15) is 63.0 Å². The Morgan fingerprint density at radius 3 is 2.87 bits per heavy atom. The molecule has 3 aliphatic rings. The first kappa shape index (κ1) is 15.4. The molecule has 2 bridgehead atoms. The molecular formula is C17H26N4OS. The van der Waals surface area contributed by atoms with Gasteiger partial charge in [0.1, 0.15) is 0 Å². The van der Waals surface area contributed by atoms with Crippen LogP contribution in [0.3, 0.4) is 0 Å². The van der Waals surface area contributed by atoms with E-state index in [1.54, 1.807) is 11.3 Å². The zero-order chi connectivity index (χ0) is 15.6. The summed E-state index contributed by atoms with van der Waals surface area (Å²) in [5.74, 6) is 0.601. The van der Waals surface area contributed by atoms with Crippen LogP contribution in [0.15, 0.2) is 5.38 Å². The van der Waals surface area contributed by atoms with Gasteiger partial charge in [-0.2, -0.15) is 0 Å². The first-order valence-electron chi connectivity index (χ1n) is 9.07. The molecule has 0 spiro atoms. The van der Waals surface area contributed by atoms with Crippen LogP contribution in [0.2, 0.25) is 0 Å². The Bertz CT molecular complexity index is 541. The molecule has 6 heteroatoms. The van der Waals surface area contributed by atoms with Crippen molar-refractivity contribution in [3.63, 3.8) is 0 Å². The smallest absolute Gasteiger partial charge is 0.317 e. The van der Waals surface area contributed by atoms with Gasteiger partial charge >= 0.3 is 6.03 Å². The Hall–Kier alpha value is -1.14.